The van der Waals surface area contributed by atoms with E-state index in [-0.39, 0.29) is 11.3 Å². The lowest BCUT2D eigenvalue weighted by atomic mass is 10.1. The highest BCUT2D eigenvalue weighted by atomic mass is 16.5. The van der Waals surface area contributed by atoms with Crippen LogP contribution in [0.3, 0.4) is 0 Å². The lowest BCUT2D eigenvalue weighted by Crippen LogP contribution is -1.91. The summed E-state index contributed by atoms with van der Waals surface area (Å²) in [6.07, 6.45) is 0. The maximum Gasteiger partial charge on any atom is 0.164 e. The molecule has 0 saturated carbocycles. The van der Waals surface area contributed by atoms with Crippen LogP contribution in [-0.2, 0) is 0 Å². The van der Waals surface area contributed by atoms with E-state index in [0.717, 1.165) is 37.8 Å². The van der Waals surface area contributed by atoms with Crippen molar-refractivity contribution >= 4 is 44.1 Å². The van der Waals surface area contributed by atoms with Crippen LogP contribution in [0.25, 0.3) is 89.7 Å². The van der Waals surface area contributed by atoms with E-state index in [1.165, 1.54) is 0 Å². The Kier molecular flexibility index (Phi) is 4.29. The number of fused-ring (bicyclic) bond motifs is 20. The number of H-pyrrole nitrogens is 1. The number of rotatable bonds is 0. The third kappa shape index (κ3) is 3.11. The van der Waals surface area contributed by atoms with E-state index in [0.29, 0.717) is 45.4 Å². The molecule has 0 spiro atoms. The minimum absolute atomic E-state index is 0.217. The molecule has 192 valence electrons. The van der Waals surface area contributed by atoms with Crippen molar-refractivity contribution in [2.45, 2.75) is 0 Å². The first kappa shape index (κ1) is 21.9. The number of nitrogens with one attached hydrogen (secondary N) is 1. The molecule has 0 saturated heterocycles. The lowest BCUT2D eigenvalue weighted by molar-refractivity contribution is 1.11. The van der Waals surface area contributed by atoms with E-state index >= 15 is 0 Å². The Hall–Kier alpha value is -5.96. The average molecular weight is 530 g/mol. The van der Waals surface area contributed by atoms with E-state index in [9.17, 15) is 5.21 Å². The van der Waals surface area contributed by atoms with Gasteiger partial charge in [0, 0.05) is 43.8 Å². The van der Waals surface area contributed by atoms with Crippen LogP contribution >= 0.6 is 0 Å². The van der Waals surface area contributed by atoms with Gasteiger partial charge in [0.2, 0.25) is 0 Å². The fraction of sp³-hybridized carbons (Fsp3) is 0. The molecule has 5 heterocycles. The first-order chi connectivity index (χ1) is 20.2. The minimum Gasteiger partial charge on any atom is -0.803 e. The van der Waals surface area contributed by atoms with Gasteiger partial charge in [-0.05, 0) is 0 Å². The monoisotopic (exact) mass is 529 g/mol. The van der Waals surface area contributed by atoms with E-state index in [1.807, 2.05) is 97.1 Å². The summed E-state index contributed by atoms with van der Waals surface area (Å²) in [7, 11) is 0. The molecule has 9 heteroatoms. The standard InChI is InChI=1S/C32H17N8O/c41-40-31-23-15-7-8-16-24(23)32(40)39-30-22-14-6-4-12-20(22)28(37-30)35-26-18-10-2-1-9-17(18)25(33-26)34-27-19-11-3-5-13-21(19)29(36-27)38-31/h1-16H,(H,33,34,35,36,37,38,39)/q-1. The van der Waals surface area contributed by atoms with E-state index < -0.39 is 0 Å². The Balaban J connectivity index is 1.53. The van der Waals surface area contributed by atoms with Crippen molar-refractivity contribution in [2.24, 2.45) is 0 Å². The molecule has 1 N–H and O–H groups in total. The molecular formula is C32H17N8O-. The van der Waals surface area contributed by atoms with Crippen molar-refractivity contribution in [3.05, 3.63) is 102 Å². The molecule has 0 atom stereocenters. The number of aromatic nitrogens is 8. The van der Waals surface area contributed by atoms with Gasteiger partial charge in [0.25, 0.3) is 0 Å². The molecule has 2 aliphatic rings. The van der Waals surface area contributed by atoms with Gasteiger partial charge in [-0.3, -0.25) is 0 Å². The van der Waals surface area contributed by atoms with Gasteiger partial charge < -0.3 is 14.9 Å². The first-order valence-electron chi connectivity index (χ1n) is 13.1. The van der Waals surface area contributed by atoms with E-state index in [2.05, 4.69) is 4.98 Å². The van der Waals surface area contributed by atoms with Gasteiger partial charge in [-0.1, -0.05) is 97.1 Å². The van der Waals surface area contributed by atoms with Gasteiger partial charge in [0.15, 0.2) is 23.3 Å². The highest BCUT2D eigenvalue weighted by Gasteiger charge is 2.22. The second kappa shape index (κ2) is 8.03. The maximum atomic E-state index is 13.9. The third-order valence-electron chi connectivity index (χ3n) is 7.57. The number of nitrogens with zero attached hydrogens (tertiary/aromatic N) is 7. The predicted octanol–water partition coefficient (Wildman–Crippen LogP) is 6.69. The summed E-state index contributed by atoms with van der Waals surface area (Å²) in [6.45, 7) is 0. The maximum absolute atomic E-state index is 13.9. The van der Waals surface area contributed by atoms with Gasteiger partial charge in [0.05, 0.1) is 0 Å². The number of aromatic amines is 1. The lowest BCUT2D eigenvalue weighted by Gasteiger charge is -2.07. The molecule has 7 aromatic rings. The molecule has 2 aliphatic heterocycles. The molecule has 0 radical (unpaired) electrons. The van der Waals surface area contributed by atoms with Crippen molar-refractivity contribution < 1.29 is 0 Å². The van der Waals surface area contributed by atoms with Crippen LogP contribution in [-0.4, -0.2) is 39.6 Å². The number of benzene rings is 4. The van der Waals surface area contributed by atoms with Crippen LogP contribution in [0.15, 0.2) is 97.1 Å². The van der Waals surface area contributed by atoms with Crippen molar-refractivity contribution in [3.8, 4) is 45.6 Å². The van der Waals surface area contributed by atoms with Gasteiger partial charge in [-0.2, -0.15) is 0 Å². The number of hydrogen-bond acceptors (Lipinski definition) is 7. The molecule has 9 rings (SSSR count). The van der Waals surface area contributed by atoms with Crippen LogP contribution in [0, 0.1) is 5.21 Å². The summed E-state index contributed by atoms with van der Waals surface area (Å²) in [5.74, 6) is 1.83. The van der Waals surface area contributed by atoms with Crippen LogP contribution < -0.4 is 0 Å². The topological polar surface area (TPSA) is 121 Å². The molecule has 0 aliphatic carbocycles. The fourth-order valence-corrected chi connectivity index (χ4v) is 5.66. The van der Waals surface area contributed by atoms with Crippen LogP contribution in [0.5, 0.6) is 0 Å². The summed E-state index contributed by atoms with van der Waals surface area (Å²) in [5.41, 5.74) is 4.95. The molecule has 8 bridgehead atoms. The fourth-order valence-electron chi connectivity index (χ4n) is 5.66. The van der Waals surface area contributed by atoms with Gasteiger partial charge >= 0.3 is 0 Å². The van der Waals surface area contributed by atoms with Crippen LogP contribution in [0.2, 0.25) is 0 Å². The minimum atomic E-state index is 0.217. The van der Waals surface area contributed by atoms with Gasteiger partial charge in [-0.15, -0.1) is 0 Å². The van der Waals surface area contributed by atoms with E-state index in [4.69, 9.17) is 29.9 Å². The molecule has 9 nitrogen and oxygen atoms in total. The Morgan fingerprint density at radius 3 is 1.17 bits per heavy atom. The molecule has 0 fully saturated rings. The van der Waals surface area contributed by atoms with Crippen molar-refractivity contribution in [2.75, 3.05) is 0 Å². The van der Waals surface area contributed by atoms with Crippen LogP contribution in [0.1, 0.15) is 0 Å². The summed E-state index contributed by atoms with van der Waals surface area (Å²) < 4.78 is 0.766. The van der Waals surface area contributed by atoms with Crippen molar-refractivity contribution in [1.82, 2.24) is 39.6 Å². The van der Waals surface area contributed by atoms with Gasteiger partial charge in [0.1, 0.15) is 22.6 Å². The second-order valence-electron chi connectivity index (χ2n) is 9.91. The summed E-state index contributed by atoms with van der Waals surface area (Å²) in [4.78, 5) is 32.6. The second-order valence-corrected chi connectivity index (χ2v) is 9.91. The molecule has 41 heavy (non-hydrogen) atoms. The van der Waals surface area contributed by atoms with Crippen molar-refractivity contribution in [3.63, 3.8) is 0 Å². The molecule has 3 aromatic heterocycles. The molecule has 0 unspecified atom stereocenters. The Bertz CT molecular complexity index is 2240. The van der Waals surface area contributed by atoms with Gasteiger partial charge in [-0.25, -0.2) is 29.9 Å². The average Bonchev–Trinajstić information content (AvgIpc) is 3.72. The zero-order chi connectivity index (χ0) is 27.1. The Labute approximate surface area is 231 Å². The molecule has 0 amide bonds. The largest absolute Gasteiger partial charge is 0.803 e. The Morgan fingerprint density at radius 2 is 0.756 bits per heavy atom. The summed E-state index contributed by atoms with van der Waals surface area (Å²) in [5, 5.41) is 17.0. The highest BCUT2D eigenvalue weighted by molar-refractivity contribution is 6.07. The zero-order valence-corrected chi connectivity index (χ0v) is 21.3. The summed E-state index contributed by atoms with van der Waals surface area (Å²) in [6, 6.07) is 31.0. The Morgan fingerprint density at radius 1 is 0.415 bits per heavy atom. The normalized spacial score (nSPS) is 12.0. The van der Waals surface area contributed by atoms with E-state index in [1.54, 1.807) is 0 Å². The van der Waals surface area contributed by atoms with Crippen LogP contribution in [0.4, 0.5) is 0 Å². The molecular weight excluding hydrogens is 512 g/mol. The predicted molar refractivity (Wildman–Crippen MR) is 158 cm³/mol. The SMILES string of the molecule is [O-]n1c2nc3nc(nc4[nH]c(nc5nc(nc1c1ccccc12)-c1ccccc1-5)c1ccccc41)-c1ccccc1-3. The zero-order valence-electron chi connectivity index (χ0n) is 21.3. The number of hydrogen-bond donors (Lipinski definition) is 1. The first-order valence-corrected chi connectivity index (χ1v) is 13.1. The van der Waals surface area contributed by atoms with Crippen molar-refractivity contribution in [1.29, 1.82) is 0 Å². The quantitative estimate of drug-likeness (QED) is 0.232. The smallest absolute Gasteiger partial charge is 0.164 e. The third-order valence-corrected chi connectivity index (χ3v) is 7.57. The summed E-state index contributed by atoms with van der Waals surface area (Å²) >= 11 is 0. The molecule has 4 aromatic carbocycles. The highest BCUT2D eigenvalue weighted by Crippen LogP contribution is 2.37.